The highest BCUT2D eigenvalue weighted by atomic mass is 79.9. The van der Waals surface area contributed by atoms with E-state index in [1.165, 1.54) is 17.7 Å². The molecule has 0 saturated carbocycles. The number of benzene rings is 2. The molecule has 0 fully saturated rings. The van der Waals surface area contributed by atoms with Gasteiger partial charge in [-0.15, -0.1) is 0 Å². The standard InChI is InChI=1S/C20H22BrClN2O2/c21-17-13-16(22)8-9-19(17)26-14-20(25)23-10-4-12-24-11-3-6-15-5-1-2-7-18(15)24/h1-2,5,7-9,13H,3-4,6,10-12,14H2,(H,23,25). The molecule has 1 aliphatic rings. The van der Waals surface area contributed by atoms with Crippen molar-refractivity contribution >= 4 is 39.1 Å². The third kappa shape index (κ3) is 5.15. The van der Waals surface area contributed by atoms with E-state index in [1.807, 2.05) is 0 Å². The topological polar surface area (TPSA) is 41.6 Å². The molecule has 0 radical (unpaired) electrons. The van der Waals surface area contributed by atoms with Crippen molar-refractivity contribution in [3.8, 4) is 5.75 Å². The SMILES string of the molecule is O=C(COc1ccc(Cl)cc1Br)NCCCN1CCCc2ccccc21. The molecule has 0 aliphatic carbocycles. The predicted molar refractivity (Wildman–Crippen MR) is 109 cm³/mol. The Morgan fingerprint density at radius 1 is 1.27 bits per heavy atom. The number of carbonyl (C=O) groups excluding carboxylic acids is 1. The molecule has 3 rings (SSSR count). The fraction of sp³-hybridized carbons (Fsp3) is 0.350. The van der Waals surface area contributed by atoms with Gasteiger partial charge in [-0.3, -0.25) is 4.79 Å². The van der Waals surface area contributed by atoms with E-state index in [0.29, 0.717) is 17.3 Å². The summed E-state index contributed by atoms with van der Waals surface area (Å²) in [6, 6.07) is 13.8. The second-order valence-corrected chi connectivity index (χ2v) is 7.58. The number of aryl methyl sites for hydroxylation is 1. The van der Waals surface area contributed by atoms with E-state index in [-0.39, 0.29) is 12.5 Å². The third-order valence-corrected chi connectivity index (χ3v) is 5.24. The van der Waals surface area contributed by atoms with Crippen molar-refractivity contribution in [1.82, 2.24) is 5.32 Å². The quantitative estimate of drug-likeness (QED) is 0.651. The fourth-order valence-electron chi connectivity index (χ4n) is 3.13. The van der Waals surface area contributed by atoms with Crippen LogP contribution in [0.3, 0.4) is 0 Å². The van der Waals surface area contributed by atoms with Crippen LogP contribution in [0.5, 0.6) is 5.75 Å². The number of ether oxygens (including phenoxy) is 1. The molecule has 1 aliphatic heterocycles. The summed E-state index contributed by atoms with van der Waals surface area (Å²) in [7, 11) is 0. The molecule has 0 aromatic heterocycles. The molecular formula is C20H22BrClN2O2. The average Bonchev–Trinajstić information content (AvgIpc) is 2.64. The van der Waals surface area contributed by atoms with Crippen LogP contribution in [0.2, 0.25) is 5.02 Å². The molecule has 138 valence electrons. The Kier molecular flexibility index (Phi) is 6.80. The molecule has 0 saturated heterocycles. The summed E-state index contributed by atoms with van der Waals surface area (Å²) < 4.78 is 6.26. The molecule has 1 heterocycles. The molecule has 2 aromatic rings. The van der Waals surface area contributed by atoms with Gasteiger partial charge in [-0.05, 0) is 65.0 Å². The first-order valence-corrected chi connectivity index (χ1v) is 9.98. The minimum absolute atomic E-state index is 0.00716. The minimum atomic E-state index is -0.120. The van der Waals surface area contributed by atoms with Gasteiger partial charge in [0.15, 0.2) is 6.61 Å². The lowest BCUT2D eigenvalue weighted by Gasteiger charge is -2.31. The maximum Gasteiger partial charge on any atom is 0.257 e. The number of para-hydroxylation sites is 1. The number of anilines is 1. The Hall–Kier alpha value is -1.72. The van der Waals surface area contributed by atoms with E-state index < -0.39 is 0 Å². The molecule has 0 bridgehead atoms. The maximum atomic E-state index is 12.0. The zero-order valence-corrected chi connectivity index (χ0v) is 16.9. The van der Waals surface area contributed by atoms with Crippen LogP contribution in [-0.2, 0) is 11.2 Å². The van der Waals surface area contributed by atoms with Gasteiger partial charge in [0.1, 0.15) is 5.75 Å². The van der Waals surface area contributed by atoms with Gasteiger partial charge < -0.3 is 15.0 Å². The zero-order valence-electron chi connectivity index (χ0n) is 14.5. The monoisotopic (exact) mass is 436 g/mol. The van der Waals surface area contributed by atoms with E-state index in [9.17, 15) is 4.79 Å². The molecule has 1 amide bonds. The Balaban J connectivity index is 1.38. The second-order valence-electron chi connectivity index (χ2n) is 6.29. The van der Waals surface area contributed by atoms with E-state index >= 15 is 0 Å². The lowest BCUT2D eigenvalue weighted by molar-refractivity contribution is -0.123. The van der Waals surface area contributed by atoms with E-state index in [0.717, 1.165) is 30.4 Å². The fourth-order valence-corrected chi connectivity index (χ4v) is 3.93. The summed E-state index contributed by atoms with van der Waals surface area (Å²) in [5.41, 5.74) is 2.76. The Bertz CT molecular complexity index is 769. The van der Waals surface area contributed by atoms with Gasteiger partial charge in [-0.1, -0.05) is 29.8 Å². The van der Waals surface area contributed by atoms with Crippen LogP contribution in [0.15, 0.2) is 46.9 Å². The van der Waals surface area contributed by atoms with Gasteiger partial charge in [0.2, 0.25) is 0 Å². The number of amides is 1. The number of halogens is 2. The molecule has 2 aromatic carbocycles. The smallest absolute Gasteiger partial charge is 0.257 e. The van der Waals surface area contributed by atoms with Crippen LogP contribution in [0, 0.1) is 0 Å². The number of rotatable bonds is 7. The number of nitrogens with one attached hydrogen (secondary N) is 1. The zero-order chi connectivity index (χ0) is 18.4. The van der Waals surface area contributed by atoms with Crippen LogP contribution in [0.25, 0.3) is 0 Å². The molecule has 0 atom stereocenters. The predicted octanol–water partition coefficient (Wildman–Crippen LogP) is 4.44. The van der Waals surface area contributed by atoms with Crippen LogP contribution in [0.1, 0.15) is 18.4 Å². The van der Waals surface area contributed by atoms with Crippen LogP contribution >= 0.6 is 27.5 Å². The summed E-state index contributed by atoms with van der Waals surface area (Å²) in [6.07, 6.45) is 3.25. The molecule has 0 unspecified atom stereocenters. The number of hydrogen-bond acceptors (Lipinski definition) is 3. The average molecular weight is 438 g/mol. The summed E-state index contributed by atoms with van der Waals surface area (Å²) in [4.78, 5) is 14.4. The van der Waals surface area contributed by atoms with Crippen molar-refractivity contribution in [2.24, 2.45) is 0 Å². The molecular weight excluding hydrogens is 416 g/mol. The van der Waals surface area contributed by atoms with E-state index in [4.69, 9.17) is 16.3 Å². The summed E-state index contributed by atoms with van der Waals surface area (Å²) >= 11 is 9.26. The largest absolute Gasteiger partial charge is 0.483 e. The van der Waals surface area contributed by atoms with E-state index in [1.54, 1.807) is 18.2 Å². The summed E-state index contributed by atoms with van der Waals surface area (Å²) in [6.45, 7) is 2.66. The third-order valence-electron chi connectivity index (χ3n) is 4.39. The van der Waals surface area contributed by atoms with Crippen LogP contribution in [0.4, 0.5) is 5.69 Å². The Morgan fingerprint density at radius 3 is 2.96 bits per heavy atom. The van der Waals surface area contributed by atoms with Crippen molar-refractivity contribution in [2.75, 3.05) is 31.1 Å². The van der Waals surface area contributed by atoms with Crippen LogP contribution < -0.4 is 15.0 Å². The Morgan fingerprint density at radius 2 is 2.12 bits per heavy atom. The lowest BCUT2D eigenvalue weighted by Crippen LogP contribution is -2.34. The minimum Gasteiger partial charge on any atom is -0.483 e. The molecule has 4 nitrogen and oxygen atoms in total. The molecule has 1 N–H and O–H groups in total. The van der Waals surface area contributed by atoms with Gasteiger partial charge in [0, 0.05) is 30.3 Å². The normalized spacial score (nSPS) is 13.2. The number of hydrogen-bond donors (Lipinski definition) is 1. The van der Waals surface area contributed by atoms with Crippen molar-refractivity contribution in [2.45, 2.75) is 19.3 Å². The summed E-state index contributed by atoms with van der Waals surface area (Å²) in [5.74, 6) is 0.486. The molecule has 26 heavy (non-hydrogen) atoms. The van der Waals surface area contributed by atoms with Crippen molar-refractivity contribution in [3.05, 3.63) is 57.5 Å². The highest BCUT2D eigenvalue weighted by molar-refractivity contribution is 9.10. The van der Waals surface area contributed by atoms with Gasteiger partial charge >= 0.3 is 0 Å². The summed E-state index contributed by atoms with van der Waals surface area (Å²) in [5, 5.41) is 3.53. The van der Waals surface area contributed by atoms with Gasteiger partial charge in [-0.25, -0.2) is 0 Å². The second kappa shape index (κ2) is 9.28. The van der Waals surface area contributed by atoms with Crippen molar-refractivity contribution in [1.29, 1.82) is 0 Å². The number of nitrogens with zero attached hydrogens (tertiary/aromatic N) is 1. The maximum absolute atomic E-state index is 12.0. The van der Waals surface area contributed by atoms with Gasteiger partial charge in [-0.2, -0.15) is 0 Å². The molecule has 6 heteroatoms. The van der Waals surface area contributed by atoms with Crippen LogP contribution in [-0.4, -0.2) is 32.1 Å². The highest BCUT2D eigenvalue weighted by Crippen LogP contribution is 2.28. The number of carbonyl (C=O) groups is 1. The van der Waals surface area contributed by atoms with E-state index in [2.05, 4.69) is 50.4 Å². The van der Waals surface area contributed by atoms with Gasteiger partial charge in [0.25, 0.3) is 5.91 Å². The lowest BCUT2D eigenvalue weighted by atomic mass is 10.0. The first kappa shape index (κ1) is 19.1. The first-order chi connectivity index (χ1) is 12.6. The number of fused-ring (bicyclic) bond motifs is 1. The highest BCUT2D eigenvalue weighted by Gasteiger charge is 2.15. The Labute approximate surface area is 167 Å². The first-order valence-electron chi connectivity index (χ1n) is 8.81. The van der Waals surface area contributed by atoms with Gasteiger partial charge in [0.05, 0.1) is 4.47 Å². The van der Waals surface area contributed by atoms with Crippen molar-refractivity contribution < 1.29 is 9.53 Å². The van der Waals surface area contributed by atoms with Crippen molar-refractivity contribution in [3.63, 3.8) is 0 Å². The molecule has 0 spiro atoms.